The van der Waals surface area contributed by atoms with E-state index in [1.54, 1.807) is 6.92 Å². The summed E-state index contributed by atoms with van der Waals surface area (Å²) in [5.74, 6) is -0.454. The highest BCUT2D eigenvalue weighted by Gasteiger charge is 2.12. The number of nitrogens with zero attached hydrogens (tertiary/aromatic N) is 1. The van der Waals surface area contributed by atoms with Crippen LogP contribution in [0.15, 0.2) is 10.5 Å². The Bertz CT molecular complexity index is 365. The topological polar surface area (TPSA) is 65.9 Å². The molecule has 68 valence electrons. The van der Waals surface area contributed by atoms with Crippen molar-refractivity contribution in [1.29, 1.82) is 5.26 Å². The number of carbonyl (C=O) groups excluding carboxylic acids is 1. The van der Waals surface area contributed by atoms with Crippen molar-refractivity contribution in [3.05, 3.63) is 21.9 Å². The van der Waals surface area contributed by atoms with Gasteiger partial charge in [0.15, 0.2) is 0 Å². The molecule has 5 heteroatoms. The molecule has 1 aromatic heterocycles. The van der Waals surface area contributed by atoms with Crippen LogP contribution in [-0.2, 0) is 4.74 Å². The van der Waals surface area contributed by atoms with Crippen molar-refractivity contribution >= 4 is 21.9 Å². The van der Waals surface area contributed by atoms with Crippen LogP contribution < -0.4 is 0 Å². The third-order valence-corrected chi connectivity index (χ3v) is 2.00. The summed E-state index contributed by atoms with van der Waals surface area (Å²) >= 11 is 3.14. The molecule has 0 unspecified atom stereocenters. The van der Waals surface area contributed by atoms with Crippen molar-refractivity contribution in [1.82, 2.24) is 4.98 Å². The molecule has 1 rings (SSSR count). The minimum Gasteiger partial charge on any atom is -0.461 e. The van der Waals surface area contributed by atoms with Crippen molar-refractivity contribution in [2.24, 2.45) is 0 Å². The molecule has 0 saturated carbocycles. The smallest absolute Gasteiger partial charge is 0.354 e. The fourth-order valence-electron chi connectivity index (χ4n) is 0.830. The molecule has 13 heavy (non-hydrogen) atoms. The standard InChI is InChI=1S/C8H7BrN2O2/c1-2-13-8(12)6-3-5(9)7(4-10)11-6/h3,11H,2H2,1H3. The second-order valence-corrected chi connectivity index (χ2v) is 3.09. The molecular weight excluding hydrogens is 236 g/mol. The van der Waals surface area contributed by atoms with Crippen LogP contribution in [0.5, 0.6) is 0 Å². The van der Waals surface area contributed by atoms with E-state index in [0.717, 1.165) is 0 Å². The van der Waals surface area contributed by atoms with Crippen LogP contribution in [0.2, 0.25) is 0 Å². The molecule has 1 heterocycles. The van der Waals surface area contributed by atoms with Crippen LogP contribution in [0.3, 0.4) is 0 Å². The third-order valence-electron chi connectivity index (χ3n) is 1.38. The number of carbonyl (C=O) groups is 1. The van der Waals surface area contributed by atoms with E-state index in [1.165, 1.54) is 6.07 Å². The molecule has 0 saturated heterocycles. The van der Waals surface area contributed by atoms with Crippen LogP contribution in [-0.4, -0.2) is 17.6 Å². The van der Waals surface area contributed by atoms with Crippen molar-refractivity contribution in [3.8, 4) is 6.07 Å². The first-order chi connectivity index (χ1) is 6.19. The van der Waals surface area contributed by atoms with Gasteiger partial charge in [-0.05, 0) is 28.9 Å². The van der Waals surface area contributed by atoms with E-state index in [0.29, 0.717) is 16.8 Å². The van der Waals surface area contributed by atoms with E-state index >= 15 is 0 Å². The van der Waals surface area contributed by atoms with Crippen molar-refractivity contribution < 1.29 is 9.53 Å². The molecule has 0 radical (unpaired) electrons. The number of hydrogen-bond acceptors (Lipinski definition) is 3. The number of hydrogen-bond donors (Lipinski definition) is 1. The number of nitrogens with one attached hydrogen (secondary N) is 1. The maximum absolute atomic E-state index is 11.1. The largest absolute Gasteiger partial charge is 0.461 e. The Balaban J connectivity index is 2.92. The summed E-state index contributed by atoms with van der Waals surface area (Å²) in [6, 6.07) is 3.43. The molecule has 4 nitrogen and oxygen atoms in total. The predicted molar refractivity (Wildman–Crippen MR) is 49.2 cm³/mol. The van der Waals surface area contributed by atoms with Crippen LogP contribution in [0.4, 0.5) is 0 Å². The van der Waals surface area contributed by atoms with Crippen LogP contribution in [0, 0.1) is 11.3 Å². The molecule has 0 atom stereocenters. The summed E-state index contributed by atoms with van der Waals surface area (Å²) < 4.78 is 5.31. The predicted octanol–water partition coefficient (Wildman–Crippen LogP) is 1.83. The average Bonchev–Trinajstić information content (AvgIpc) is 2.47. The first-order valence-corrected chi connectivity index (χ1v) is 4.44. The number of halogens is 1. The SMILES string of the molecule is CCOC(=O)c1cc(Br)c(C#N)[nH]1. The molecule has 0 spiro atoms. The normalized spacial score (nSPS) is 9.31. The summed E-state index contributed by atoms with van der Waals surface area (Å²) in [7, 11) is 0. The Morgan fingerprint density at radius 1 is 1.85 bits per heavy atom. The summed E-state index contributed by atoms with van der Waals surface area (Å²) in [5.41, 5.74) is 0.605. The van der Waals surface area contributed by atoms with E-state index < -0.39 is 5.97 Å². The zero-order chi connectivity index (χ0) is 9.84. The van der Waals surface area contributed by atoms with Gasteiger partial charge in [0, 0.05) is 0 Å². The van der Waals surface area contributed by atoms with Gasteiger partial charge in [-0.15, -0.1) is 0 Å². The van der Waals surface area contributed by atoms with Gasteiger partial charge in [0.1, 0.15) is 17.5 Å². The Morgan fingerprint density at radius 3 is 3.00 bits per heavy atom. The molecule has 0 aliphatic heterocycles. The Kier molecular flexibility index (Phi) is 3.09. The Morgan fingerprint density at radius 2 is 2.54 bits per heavy atom. The highest BCUT2D eigenvalue weighted by molar-refractivity contribution is 9.10. The van der Waals surface area contributed by atoms with E-state index in [1.807, 2.05) is 6.07 Å². The summed E-state index contributed by atoms with van der Waals surface area (Å²) in [6.07, 6.45) is 0. The van der Waals surface area contributed by atoms with Crippen molar-refractivity contribution in [2.75, 3.05) is 6.61 Å². The maximum atomic E-state index is 11.1. The van der Waals surface area contributed by atoms with Gasteiger partial charge in [0.2, 0.25) is 0 Å². The number of ether oxygens (including phenoxy) is 1. The molecule has 1 N–H and O–H groups in total. The lowest BCUT2D eigenvalue weighted by atomic mass is 10.4. The first kappa shape index (κ1) is 9.81. The molecule has 0 bridgehead atoms. The van der Waals surface area contributed by atoms with Gasteiger partial charge in [-0.1, -0.05) is 0 Å². The minimum absolute atomic E-state index is 0.283. The van der Waals surface area contributed by atoms with E-state index in [2.05, 4.69) is 20.9 Å². The monoisotopic (exact) mass is 242 g/mol. The molecule has 0 aliphatic rings. The van der Waals surface area contributed by atoms with Gasteiger partial charge in [-0.2, -0.15) is 5.26 Å². The van der Waals surface area contributed by atoms with Crippen molar-refractivity contribution in [2.45, 2.75) is 6.92 Å². The Hall–Kier alpha value is -1.28. The lowest BCUT2D eigenvalue weighted by Crippen LogP contribution is -2.04. The lowest BCUT2D eigenvalue weighted by Gasteiger charge is -1.96. The number of rotatable bonds is 2. The zero-order valence-electron chi connectivity index (χ0n) is 6.93. The minimum atomic E-state index is -0.454. The van der Waals surface area contributed by atoms with Gasteiger partial charge < -0.3 is 9.72 Å². The molecular formula is C8H7BrN2O2. The van der Waals surface area contributed by atoms with Crippen molar-refractivity contribution in [3.63, 3.8) is 0 Å². The summed E-state index contributed by atoms with van der Waals surface area (Å²) in [5, 5.41) is 8.58. The molecule has 0 aliphatic carbocycles. The molecule has 0 fully saturated rings. The summed E-state index contributed by atoms with van der Waals surface area (Å²) in [4.78, 5) is 13.8. The second-order valence-electron chi connectivity index (χ2n) is 2.24. The van der Waals surface area contributed by atoms with Gasteiger partial charge >= 0.3 is 5.97 Å². The molecule has 1 aromatic rings. The van der Waals surface area contributed by atoms with Crippen LogP contribution in [0.1, 0.15) is 23.1 Å². The number of esters is 1. The molecule has 0 aromatic carbocycles. The fraction of sp³-hybridized carbons (Fsp3) is 0.250. The highest BCUT2D eigenvalue weighted by Crippen LogP contribution is 2.17. The van der Waals surface area contributed by atoms with Gasteiger partial charge in [-0.25, -0.2) is 4.79 Å². The van der Waals surface area contributed by atoms with Gasteiger partial charge in [0.25, 0.3) is 0 Å². The number of aromatic nitrogens is 1. The fourth-order valence-corrected chi connectivity index (χ4v) is 1.25. The first-order valence-electron chi connectivity index (χ1n) is 3.64. The summed E-state index contributed by atoms with van der Waals surface area (Å²) in [6.45, 7) is 2.04. The average molecular weight is 243 g/mol. The van der Waals surface area contributed by atoms with Gasteiger partial charge in [0.05, 0.1) is 11.1 Å². The van der Waals surface area contributed by atoms with E-state index in [4.69, 9.17) is 10.00 Å². The van der Waals surface area contributed by atoms with Crippen LogP contribution in [0.25, 0.3) is 0 Å². The number of H-pyrrole nitrogens is 1. The van der Waals surface area contributed by atoms with Gasteiger partial charge in [-0.3, -0.25) is 0 Å². The molecule has 0 amide bonds. The van der Waals surface area contributed by atoms with E-state index in [-0.39, 0.29) is 5.69 Å². The third kappa shape index (κ3) is 2.10. The maximum Gasteiger partial charge on any atom is 0.354 e. The zero-order valence-corrected chi connectivity index (χ0v) is 8.51. The number of aromatic amines is 1. The Labute approximate surface area is 83.6 Å². The lowest BCUT2D eigenvalue weighted by molar-refractivity contribution is 0.0520. The quantitative estimate of drug-likeness (QED) is 0.805. The number of nitriles is 1. The second kappa shape index (κ2) is 4.10. The van der Waals surface area contributed by atoms with E-state index in [9.17, 15) is 4.79 Å². The van der Waals surface area contributed by atoms with Crippen LogP contribution >= 0.6 is 15.9 Å². The highest BCUT2D eigenvalue weighted by atomic mass is 79.9.